The van der Waals surface area contributed by atoms with Crippen LogP contribution in [0.2, 0.25) is 0 Å². The average Bonchev–Trinajstić information content (AvgIpc) is 2.70. The van der Waals surface area contributed by atoms with Gasteiger partial charge in [0.05, 0.1) is 11.4 Å². The van der Waals surface area contributed by atoms with Crippen LogP contribution in [0.15, 0.2) is 28.8 Å². The molecular weight excluding hydrogens is 225 g/mol. The summed E-state index contributed by atoms with van der Waals surface area (Å²) in [6.07, 6.45) is 0. The number of halogens is 1. The predicted octanol–water partition coefficient (Wildman–Crippen LogP) is 1.96. The Bertz CT molecular complexity index is 566. The van der Waals surface area contributed by atoms with Crippen molar-refractivity contribution < 1.29 is 13.7 Å². The third-order valence-electron chi connectivity index (χ3n) is 2.11. The summed E-state index contributed by atoms with van der Waals surface area (Å²) in [7, 11) is 0. The Balaban J connectivity index is 2.15. The first-order valence-corrected chi connectivity index (χ1v) is 4.86. The van der Waals surface area contributed by atoms with Gasteiger partial charge in [0.15, 0.2) is 0 Å². The van der Waals surface area contributed by atoms with Crippen LogP contribution in [0.1, 0.15) is 16.2 Å². The lowest BCUT2D eigenvalue weighted by Crippen LogP contribution is -2.11. The average molecular weight is 235 g/mol. The zero-order valence-electron chi connectivity index (χ0n) is 9.03. The summed E-state index contributed by atoms with van der Waals surface area (Å²) < 4.78 is 17.9. The molecule has 0 aliphatic carbocycles. The SMILES string of the molecule is Cc1cc(C(=O)Nc2ccc(N)c(F)c2)on1. The van der Waals surface area contributed by atoms with Gasteiger partial charge in [0, 0.05) is 11.8 Å². The lowest BCUT2D eigenvalue weighted by Gasteiger charge is -2.03. The van der Waals surface area contributed by atoms with E-state index in [0.717, 1.165) is 6.07 Å². The fraction of sp³-hybridized carbons (Fsp3) is 0.0909. The molecular formula is C11H10FN3O2. The number of anilines is 2. The molecule has 6 heteroatoms. The number of rotatable bonds is 2. The second-order valence-electron chi connectivity index (χ2n) is 3.52. The van der Waals surface area contributed by atoms with E-state index in [-0.39, 0.29) is 11.4 Å². The number of nitrogens with one attached hydrogen (secondary N) is 1. The fourth-order valence-electron chi connectivity index (χ4n) is 1.27. The van der Waals surface area contributed by atoms with Crippen LogP contribution in [0.3, 0.4) is 0 Å². The molecule has 0 aliphatic rings. The first kappa shape index (κ1) is 11.1. The number of aryl methyl sites for hydroxylation is 1. The lowest BCUT2D eigenvalue weighted by molar-refractivity contribution is 0.0988. The molecule has 1 aromatic carbocycles. The van der Waals surface area contributed by atoms with E-state index in [0.29, 0.717) is 11.4 Å². The van der Waals surface area contributed by atoms with Gasteiger partial charge in [0.2, 0.25) is 5.76 Å². The minimum atomic E-state index is -0.587. The third-order valence-corrected chi connectivity index (χ3v) is 2.11. The summed E-state index contributed by atoms with van der Waals surface area (Å²) in [5.41, 5.74) is 6.24. The van der Waals surface area contributed by atoms with E-state index < -0.39 is 11.7 Å². The second kappa shape index (κ2) is 4.25. The molecule has 0 aliphatic heterocycles. The van der Waals surface area contributed by atoms with Gasteiger partial charge in [-0.25, -0.2) is 4.39 Å². The summed E-state index contributed by atoms with van der Waals surface area (Å²) in [4.78, 5) is 11.6. The van der Waals surface area contributed by atoms with Gasteiger partial charge in [0.1, 0.15) is 5.82 Å². The molecule has 2 aromatic rings. The quantitative estimate of drug-likeness (QED) is 0.779. The van der Waals surface area contributed by atoms with Crippen molar-refractivity contribution in [2.45, 2.75) is 6.92 Å². The number of nitrogens with two attached hydrogens (primary N) is 1. The molecule has 0 atom stereocenters. The largest absolute Gasteiger partial charge is 0.396 e. The van der Waals surface area contributed by atoms with Gasteiger partial charge < -0.3 is 15.6 Å². The van der Waals surface area contributed by atoms with Gasteiger partial charge in [-0.15, -0.1) is 0 Å². The van der Waals surface area contributed by atoms with Gasteiger partial charge in [-0.2, -0.15) is 0 Å². The smallest absolute Gasteiger partial charge is 0.294 e. The number of carbonyl (C=O) groups excluding carboxylic acids is 1. The van der Waals surface area contributed by atoms with Crippen molar-refractivity contribution in [1.82, 2.24) is 5.16 Å². The van der Waals surface area contributed by atoms with Crippen molar-refractivity contribution in [2.75, 3.05) is 11.1 Å². The van der Waals surface area contributed by atoms with Crippen molar-refractivity contribution >= 4 is 17.3 Å². The van der Waals surface area contributed by atoms with Crippen LogP contribution in [0.4, 0.5) is 15.8 Å². The molecule has 5 nitrogen and oxygen atoms in total. The number of nitrogen functional groups attached to an aromatic ring is 1. The Labute approximate surface area is 96.4 Å². The molecule has 2 rings (SSSR count). The highest BCUT2D eigenvalue weighted by molar-refractivity contribution is 6.02. The molecule has 88 valence electrons. The Morgan fingerprint density at radius 3 is 2.82 bits per heavy atom. The van der Waals surface area contributed by atoms with Crippen LogP contribution in [0, 0.1) is 12.7 Å². The molecule has 0 bridgehead atoms. The molecule has 0 saturated carbocycles. The van der Waals surface area contributed by atoms with Crippen molar-refractivity contribution in [2.24, 2.45) is 0 Å². The number of hydrogen-bond donors (Lipinski definition) is 2. The standard InChI is InChI=1S/C11H10FN3O2/c1-6-4-10(17-15-6)11(16)14-7-2-3-9(13)8(12)5-7/h2-5H,13H2,1H3,(H,14,16). The van der Waals surface area contributed by atoms with E-state index in [1.807, 2.05) is 0 Å². The summed E-state index contributed by atoms with van der Waals surface area (Å²) in [6, 6.07) is 5.50. The van der Waals surface area contributed by atoms with E-state index in [1.54, 1.807) is 6.92 Å². The predicted molar refractivity (Wildman–Crippen MR) is 60.0 cm³/mol. The van der Waals surface area contributed by atoms with Crippen LogP contribution >= 0.6 is 0 Å². The van der Waals surface area contributed by atoms with E-state index >= 15 is 0 Å². The van der Waals surface area contributed by atoms with Crippen LogP contribution in [0.5, 0.6) is 0 Å². The van der Waals surface area contributed by atoms with Crippen molar-refractivity contribution in [3.63, 3.8) is 0 Å². The maximum Gasteiger partial charge on any atom is 0.294 e. The van der Waals surface area contributed by atoms with E-state index in [4.69, 9.17) is 10.3 Å². The Kier molecular flexibility index (Phi) is 2.78. The number of hydrogen-bond acceptors (Lipinski definition) is 4. The van der Waals surface area contributed by atoms with Crippen LogP contribution in [-0.4, -0.2) is 11.1 Å². The number of amides is 1. The van der Waals surface area contributed by atoms with Gasteiger partial charge in [-0.3, -0.25) is 4.79 Å². The summed E-state index contributed by atoms with van der Waals surface area (Å²) in [5.74, 6) is -1.01. The Hall–Kier alpha value is -2.37. The molecule has 3 N–H and O–H groups in total. The second-order valence-corrected chi connectivity index (χ2v) is 3.52. The molecule has 0 radical (unpaired) electrons. The topological polar surface area (TPSA) is 81.2 Å². The lowest BCUT2D eigenvalue weighted by atomic mass is 10.2. The molecule has 0 spiro atoms. The van der Waals surface area contributed by atoms with Crippen LogP contribution in [-0.2, 0) is 0 Å². The molecule has 1 amide bonds. The highest BCUT2D eigenvalue weighted by Crippen LogP contribution is 2.16. The van der Waals surface area contributed by atoms with Gasteiger partial charge in [-0.1, -0.05) is 5.16 Å². The monoisotopic (exact) mass is 235 g/mol. The Morgan fingerprint density at radius 1 is 1.47 bits per heavy atom. The van der Waals surface area contributed by atoms with Gasteiger partial charge in [0.25, 0.3) is 5.91 Å². The number of nitrogens with zero attached hydrogens (tertiary/aromatic N) is 1. The summed E-state index contributed by atoms with van der Waals surface area (Å²) in [5, 5.41) is 6.05. The van der Waals surface area contributed by atoms with Crippen LogP contribution < -0.4 is 11.1 Å². The minimum Gasteiger partial charge on any atom is -0.396 e. The maximum absolute atomic E-state index is 13.1. The number of aromatic nitrogens is 1. The van der Waals surface area contributed by atoms with E-state index in [2.05, 4.69) is 10.5 Å². The van der Waals surface area contributed by atoms with Gasteiger partial charge >= 0.3 is 0 Å². The normalized spacial score (nSPS) is 10.2. The van der Waals surface area contributed by atoms with Crippen LogP contribution in [0.25, 0.3) is 0 Å². The minimum absolute atomic E-state index is 0.0264. The molecule has 0 fully saturated rings. The fourth-order valence-corrected chi connectivity index (χ4v) is 1.27. The Morgan fingerprint density at radius 2 is 2.24 bits per heavy atom. The highest BCUT2D eigenvalue weighted by atomic mass is 19.1. The van der Waals surface area contributed by atoms with Crippen molar-refractivity contribution in [3.05, 3.63) is 41.5 Å². The zero-order chi connectivity index (χ0) is 12.4. The molecule has 0 unspecified atom stereocenters. The number of carbonyl (C=O) groups is 1. The molecule has 1 aromatic heterocycles. The van der Waals surface area contributed by atoms with Crippen molar-refractivity contribution in [3.8, 4) is 0 Å². The maximum atomic E-state index is 13.1. The summed E-state index contributed by atoms with van der Waals surface area (Å²) >= 11 is 0. The molecule has 0 saturated heterocycles. The summed E-state index contributed by atoms with van der Waals surface area (Å²) in [6.45, 7) is 1.70. The van der Waals surface area contributed by atoms with E-state index in [9.17, 15) is 9.18 Å². The first-order valence-electron chi connectivity index (χ1n) is 4.86. The third kappa shape index (κ3) is 2.41. The van der Waals surface area contributed by atoms with Gasteiger partial charge in [-0.05, 0) is 25.1 Å². The van der Waals surface area contributed by atoms with Crippen molar-refractivity contribution in [1.29, 1.82) is 0 Å². The number of benzene rings is 1. The highest BCUT2D eigenvalue weighted by Gasteiger charge is 2.12. The molecule has 17 heavy (non-hydrogen) atoms. The zero-order valence-corrected chi connectivity index (χ0v) is 9.03. The first-order chi connectivity index (χ1) is 8.06. The van der Waals surface area contributed by atoms with E-state index in [1.165, 1.54) is 18.2 Å². The molecule has 1 heterocycles.